The van der Waals surface area contributed by atoms with E-state index in [1.807, 2.05) is 44.2 Å². The fourth-order valence-electron chi connectivity index (χ4n) is 1.56. The summed E-state index contributed by atoms with van der Waals surface area (Å²) in [5, 5.41) is 9.67. The first kappa shape index (κ1) is 11.4. The molecule has 0 saturated carbocycles. The number of rotatable bonds is 2. The number of nitrogens with two attached hydrogens (primary N) is 1. The maximum absolute atomic E-state index is 9.67. The predicted molar refractivity (Wildman–Crippen MR) is 65.5 cm³/mol. The van der Waals surface area contributed by atoms with Crippen molar-refractivity contribution in [3.8, 4) is 0 Å². The van der Waals surface area contributed by atoms with Crippen molar-refractivity contribution in [2.24, 2.45) is 0 Å². The van der Waals surface area contributed by atoms with Gasteiger partial charge in [-0.3, -0.25) is 0 Å². The Balaban J connectivity index is 3.37. The second kappa shape index (κ2) is 4.69. The van der Waals surface area contributed by atoms with Gasteiger partial charge in [-0.15, -0.1) is 0 Å². The third kappa shape index (κ3) is 2.40. The molecule has 80 valence electrons. The Kier molecular flexibility index (Phi) is 3.56. The van der Waals surface area contributed by atoms with Gasteiger partial charge in [-0.1, -0.05) is 24.3 Å². The Bertz CT molecular complexity index is 412. The summed E-state index contributed by atoms with van der Waals surface area (Å²) in [7, 11) is 0. The summed E-state index contributed by atoms with van der Waals surface area (Å²) in [5.74, 6) is 0.295. The Hall–Kier alpha value is -1.70. The normalized spacial score (nSPS) is 13.7. The third-order valence-electron chi connectivity index (χ3n) is 2.42. The minimum atomic E-state index is 0.295. The standard InChI is InChI=1S/C13H17NO/c1-4-9(2)13(10(3)15)11-7-5-6-8-12(11)14/h4-8,15H,14H2,1-3H3/b9-4-,13-10-. The number of nitrogen functional groups attached to an aromatic ring is 1. The number of aliphatic hydroxyl groups is 1. The van der Waals surface area contributed by atoms with Crippen LogP contribution >= 0.6 is 0 Å². The molecule has 3 N–H and O–H groups in total. The zero-order valence-electron chi connectivity index (χ0n) is 9.41. The molecular formula is C13H17NO. The van der Waals surface area contributed by atoms with Gasteiger partial charge >= 0.3 is 0 Å². The minimum Gasteiger partial charge on any atom is -0.512 e. The number of aliphatic hydroxyl groups excluding tert-OH is 1. The van der Waals surface area contributed by atoms with E-state index >= 15 is 0 Å². The van der Waals surface area contributed by atoms with Crippen LogP contribution in [-0.2, 0) is 0 Å². The van der Waals surface area contributed by atoms with E-state index in [1.165, 1.54) is 0 Å². The van der Waals surface area contributed by atoms with Gasteiger partial charge in [-0.25, -0.2) is 0 Å². The fourth-order valence-corrected chi connectivity index (χ4v) is 1.56. The van der Waals surface area contributed by atoms with Gasteiger partial charge in [0, 0.05) is 16.8 Å². The average molecular weight is 203 g/mol. The molecule has 1 aromatic rings. The van der Waals surface area contributed by atoms with E-state index in [0.29, 0.717) is 11.4 Å². The lowest BCUT2D eigenvalue weighted by molar-refractivity contribution is 0.417. The first-order chi connectivity index (χ1) is 7.07. The molecular weight excluding hydrogens is 186 g/mol. The summed E-state index contributed by atoms with van der Waals surface area (Å²) in [4.78, 5) is 0. The van der Waals surface area contributed by atoms with Crippen LogP contribution in [-0.4, -0.2) is 5.11 Å². The fraction of sp³-hybridized carbons (Fsp3) is 0.231. The molecule has 1 aromatic carbocycles. The van der Waals surface area contributed by atoms with Crippen molar-refractivity contribution in [3.05, 3.63) is 47.2 Å². The number of allylic oxidation sites excluding steroid dienone is 4. The maximum Gasteiger partial charge on any atom is 0.0973 e. The van der Waals surface area contributed by atoms with Crippen LogP contribution in [0.15, 0.2) is 41.7 Å². The lowest BCUT2D eigenvalue weighted by Crippen LogP contribution is -1.97. The zero-order chi connectivity index (χ0) is 11.4. The Morgan fingerprint density at radius 3 is 2.33 bits per heavy atom. The smallest absolute Gasteiger partial charge is 0.0973 e. The molecule has 0 spiro atoms. The van der Waals surface area contributed by atoms with Crippen LogP contribution in [0.4, 0.5) is 5.69 Å². The molecule has 0 radical (unpaired) electrons. The van der Waals surface area contributed by atoms with Crippen molar-refractivity contribution in [2.45, 2.75) is 20.8 Å². The Morgan fingerprint density at radius 2 is 1.87 bits per heavy atom. The molecule has 0 heterocycles. The Labute approximate surface area is 90.7 Å². The van der Waals surface area contributed by atoms with Crippen molar-refractivity contribution in [2.75, 3.05) is 5.73 Å². The topological polar surface area (TPSA) is 46.2 Å². The highest BCUT2D eigenvalue weighted by atomic mass is 16.3. The van der Waals surface area contributed by atoms with Crippen molar-refractivity contribution < 1.29 is 5.11 Å². The average Bonchev–Trinajstić information content (AvgIpc) is 2.20. The lowest BCUT2D eigenvalue weighted by Gasteiger charge is -2.12. The second-order valence-corrected chi connectivity index (χ2v) is 3.52. The first-order valence-electron chi connectivity index (χ1n) is 4.96. The van der Waals surface area contributed by atoms with E-state index in [0.717, 1.165) is 16.7 Å². The van der Waals surface area contributed by atoms with Crippen LogP contribution in [0.1, 0.15) is 26.3 Å². The highest BCUT2D eigenvalue weighted by Crippen LogP contribution is 2.29. The van der Waals surface area contributed by atoms with E-state index < -0.39 is 0 Å². The quantitative estimate of drug-likeness (QED) is 0.439. The molecule has 15 heavy (non-hydrogen) atoms. The van der Waals surface area contributed by atoms with Crippen LogP contribution in [0.5, 0.6) is 0 Å². The molecule has 0 fully saturated rings. The third-order valence-corrected chi connectivity index (χ3v) is 2.42. The number of para-hydroxylation sites is 1. The van der Waals surface area contributed by atoms with Gasteiger partial charge in [0.15, 0.2) is 0 Å². The SMILES string of the molecule is C/C=C(C)\C(=C(/C)O)c1ccccc1N. The van der Waals surface area contributed by atoms with E-state index in [-0.39, 0.29) is 0 Å². The summed E-state index contributed by atoms with van der Waals surface area (Å²) in [5.41, 5.74) is 9.28. The van der Waals surface area contributed by atoms with Gasteiger partial charge in [0.05, 0.1) is 5.76 Å². The maximum atomic E-state index is 9.67. The van der Waals surface area contributed by atoms with Gasteiger partial charge in [-0.05, 0) is 32.4 Å². The van der Waals surface area contributed by atoms with E-state index in [9.17, 15) is 5.11 Å². The zero-order valence-corrected chi connectivity index (χ0v) is 9.41. The molecule has 0 aliphatic rings. The predicted octanol–water partition coefficient (Wildman–Crippen LogP) is 3.52. The van der Waals surface area contributed by atoms with Crippen molar-refractivity contribution >= 4 is 11.3 Å². The summed E-state index contributed by atoms with van der Waals surface area (Å²) in [6.45, 7) is 5.58. The minimum absolute atomic E-state index is 0.295. The van der Waals surface area contributed by atoms with Crippen molar-refractivity contribution in [3.63, 3.8) is 0 Å². The van der Waals surface area contributed by atoms with Crippen LogP contribution < -0.4 is 5.73 Å². The molecule has 0 unspecified atom stereocenters. The number of anilines is 1. The molecule has 2 heteroatoms. The number of hydrogen-bond acceptors (Lipinski definition) is 2. The van der Waals surface area contributed by atoms with Gasteiger partial charge in [0.1, 0.15) is 0 Å². The van der Waals surface area contributed by atoms with Crippen LogP contribution in [0.25, 0.3) is 5.57 Å². The molecule has 0 atom stereocenters. The van der Waals surface area contributed by atoms with E-state index in [2.05, 4.69) is 0 Å². The molecule has 2 nitrogen and oxygen atoms in total. The lowest BCUT2D eigenvalue weighted by atomic mass is 9.96. The Morgan fingerprint density at radius 1 is 1.27 bits per heavy atom. The first-order valence-corrected chi connectivity index (χ1v) is 4.96. The summed E-state index contributed by atoms with van der Waals surface area (Å²) < 4.78 is 0. The molecule has 0 aliphatic heterocycles. The summed E-state index contributed by atoms with van der Waals surface area (Å²) in [6, 6.07) is 7.55. The molecule has 0 aliphatic carbocycles. The van der Waals surface area contributed by atoms with Crippen LogP contribution in [0.2, 0.25) is 0 Å². The van der Waals surface area contributed by atoms with Crippen molar-refractivity contribution in [1.29, 1.82) is 0 Å². The summed E-state index contributed by atoms with van der Waals surface area (Å²) >= 11 is 0. The molecule has 1 rings (SSSR count). The van der Waals surface area contributed by atoms with Crippen molar-refractivity contribution in [1.82, 2.24) is 0 Å². The largest absolute Gasteiger partial charge is 0.512 e. The second-order valence-electron chi connectivity index (χ2n) is 3.52. The molecule has 0 aromatic heterocycles. The van der Waals surface area contributed by atoms with E-state index in [1.54, 1.807) is 6.92 Å². The number of hydrogen-bond donors (Lipinski definition) is 2. The highest BCUT2D eigenvalue weighted by Gasteiger charge is 2.09. The van der Waals surface area contributed by atoms with Gasteiger partial charge < -0.3 is 10.8 Å². The van der Waals surface area contributed by atoms with Gasteiger partial charge in [0.25, 0.3) is 0 Å². The van der Waals surface area contributed by atoms with Crippen LogP contribution in [0, 0.1) is 0 Å². The summed E-state index contributed by atoms with van der Waals surface area (Å²) in [6.07, 6.45) is 1.96. The van der Waals surface area contributed by atoms with Gasteiger partial charge in [0.2, 0.25) is 0 Å². The molecule has 0 amide bonds. The van der Waals surface area contributed by atoms with E-state index in [4.69, 9.17) is 5.73 Å². The van der Waals surface area contributed by atoms with Crippen LogP contribution in [0.3, 0.4) is 0 Å². The monoisotopic (exact) mass is 203 g/mol. The van der Waals surface area contributed by atoms with Gasteiger partial charge in [-0.2, -0.15) is 0 Å². The number of benzene rings is 1. The molecule has 0 saturated heterocycles. The highest BCUT2D eigenvalue weighted by molar-refractivity contribution is 5.85. The molecule has 0 bridgehead atoms.